The van der Waals surface area contributed by atoms with E-state index < -0.39 is 11.9 Å². The predicted octanol–water partition coefficient (Wildman–Crippen LogP) is 4.73. The molecule has 0 spiro atoms. The normalized spacial score (nSPS) is 26.0. The summed E-state index contributed by atoms with van der Waals surface area (Å²) in [4.78, 5) is 0. The van der Waals surface area contributed by atoms with Crippen LogP contribution in [0.1, 0.15) is 50.7 Å². The van der Waals surface area contributed by atoms with Crippen LogP contribution in [-0.4, -0.2) is 5.11 Å². The summed E-state index contributed by atoms with van der Waals surface area (Å²) in [5.74, 6) is 0.355. The van der Waals surface area contributed by atoms with Crippen molar-refractivity contribution < 1.29 is 9.50 Å². The van der Waals surface area contributed by atoms with Gasteiger partial charge in [0.25, 0.3) is 0 Å². The van der Waals surface area contributed by atoms with Crippen LogP contribution in [0.4, 0.5) is 4.39 Å². The van der Waals surface area contributed by atoms with E-state index in [0.29, 0.717) is 11.5 Å². The first-order chi connectivity index (χ1) is 8.63. The zero-order valence-corrected chi connectivity index (χ0v) is 11.5. The standard InChI is InChI=1S/C15H20ClFO/c1-2-10-5-3-4-6-12(10)15(18)11-7-8-13(16)14(17)9-11/h7-10,12,15,18H,2-6H2,1H3. The van der Waals surface area contributed by atoms with Gasteiger partial charge in [-0.15, -0.1) is 0 Å². The molecule has 1 aromatic rings. The molecule has 0 radical (unpaired) electrons. The van der Waals surface area contributed by atoms with E-state index in [0.717, 1.165) is 19.3 Å². The number of halogens is 2. The Balaban J connectivity index is 2.18. The third-order valence-corrected chi connectivity index (χ3v) is 4.49. The smallest absolute Gasteiger partial charge is 0.142 e. The maximum absolute atomic E-state index is 13.4. The summed E-state index contributed by atoms with van der Waals surface area (Å²) in [6.07, 6.45) is 5.13. The van der Waals surface area contributed by atoms with Crippen molar-refractivity contribution in [1.29, 1.82) is 0 Å². The van der Waals surface area contributed by atoms with Crippen LogP contribution in [0.3, 0.4) is 0 Å². The molecule has 0 heterocycles. The van der Waals surface area contributed by atoms with E-state index in [2.05, 4.69) is 6.92 Å². The largest absolute Gasteiger partial charge is 0.388 e. The van der Waals surface area contributed by atoms with Gasteiger partial charge in [0.05, 0.1) is 11.1 Å². The molecule has 1 saturated carbocycles. The molecule has 100 valence electrons. The van der Waals surface area contributed by atoms with Crippen LogP contribution in [0.2, 0.25) is 5.02 Å². The highest BCUT2D eigenvalue weighted by molar-refractivity contribution is 6.30. The van der Waals surface area contributed by atoms with Gasteiger partial charge >= 0.3 is 0 Å². The lowest BCUT2D eigenvalue weighted by Gasteiger charge is -2.34. The second kappa shape index (κ2) is 6.03. The molecule has 1 fully saturated rings. The van der Waals surface area contributed by atoms with Gasteiger partial charge in [0, 0.05) is 0 Å². The lowest BCUT2D eigenvalue weighted by Crippen LogP contribution is -2.25. The van der Waals surface area contributed by atoms with Crippen LogP contribution in [0.5, 0.6) is 0 Å². The summed E-state index contributed by atoms with van der Waals surface area (Å²) in [6.45, 7) is 2.16. The molecule has 1 nitrogen and oxygen atoms in total. The summed E-state index contributed by atoms with van der Waals surface area (Å²) < 4.78 is 13.4. The van der Waals surface area contributed by atoms with E-state index >= 15 is 0 Å². The molecule has 3 unspecified atom stereocenters. The van der Waals surface area contributed by atoms with Crippen LogP contribution in [0.25, 0.3) is 0 Å². The Morgan fingerprint density at radius 3 is 2.78 bits per heavy atom. The zero-order valence-electron chi connectivity index (χ0n) is 10.7. The van der Waals surface area contributed by atoms with E-state index in [9.17, 15) is 9.50 Å². The van der Waals surface area contributed by atoms with Crippen LogP contribution in [-0.2, 0) is 0 Å². The Hall–Kier alpha value is -0.600. The van der Waals surface area contributed by atoms with Gasteiger partial charge in [-0.3, -0.25) is 0 Å². The topological polar surface area (TPSA) is 20.2 Å². The van der Waals surface area contributed by atoms with Gasteiger partial charge in [-0.1, -0.05) is 50.3 Å². The fraction of sp³-hybridized carbons (Fsp3) is 0.600. The average molecular weight is 271 g/mol. The van der Waals surface area contributed by atoms with Crippen molar-refractivity contribution >= 4 is 11.6 Å². The molecule has 0 bridgehead atoms. The van der Waals surface area contributed by atoms with Crippen molar-refractivity contribution in [1.82, 2.24) is 0 Å². The van der Waals surface area contributed by atoms with Gasteiger partial charge in [-0.2, -0.15) is 0 Å². The molecule has 0 aliphatic heterocycles. The molecule has 0 amide bonds. The van der Waals surface area contributed by atoms with Crippen molar-refractivity contribution in [2.75, 3.05) is 0 Å². The summed E-state index contributed by atoms with van der Waals surface area (Å²) in [5, 5.41) is 10.6. The van der Waals surface area contributed by atoms with E-state index in [1.165, 1.54) is 25.0 Å². The molecular weight excluding hydrogens is 251 g/mol. The molecule has 1 aliphatic rings. The molecule has 0 aromatic heterocycles. The fourth-order valence-corrected chi connectivity index (χ4v) is 3.22. The van der Waals surface area contributed by atoms with Gasteiger partial charge < -0.3 is 5.11 Å². The van der Waals surface area contributed by atoms with Crippen LogP contribution in [0.15, 0.2) is 18.2 Å². The number of rotatable bonds is 3. The minimum absolute atomic E-state index is 0.113. The Labute approximate surface area is 113 Å². The Kier molecular flexibility index (Phi) is 4.63. The molecule has 1 aromatic carbocycles. The second-order valence-corrected chi connectivity index (χ2v) is 5.64. The minimum Gasteiger partial charge on any atom is -0.388 e. The summed E-state index contributed by atoms with van der Waals surface area (Å²) in [7, 11) is 0. The highest BCUT2D eigenvalue weighted by Gasteiger charge is 2.30. The van der Waals surface area contributed by atoms with Crippen molar-refractivity contribution in [3.05, 3.63) is 34.6 Å². The molecule has 18 heavy (non-hydrogen) atoms. The van der Waals surface area contributed by atoms with Gasteiger partial charge in [0.1, 0.15) is 5.82 Å². The van der Waals surface area contributed by atoms with Gasteiger partial charge in [0.15, 0.2) is 0 Å². The minimum atomic E-state index is -0.568. The zero-order chi connectivity index (χ0) is 13.1. The van der Waals surface area contributed by atoms with Gasteiger partial charge in [-0.05, 0) is 36.0 Å². The SMILES string of the molecule is CCC1CCCCC1C(O)c1ccc(Cl)c(F)c1. The predicted molar refractivity (Wildman–Crippen MR) is 72.1 cm³/mol. The Morgan fingerprint density at radius 1 is 1.39 bits per heavy atom. The lowest BCUT2D eigenvalue weighted by molar-refractivity contribution is 0.0450. The molecule has 3 atom stereocenters. The quantitative estimate of drug-likeness (QED) is 0.842. The van der Waals surface area contributed by atoms with Crippen molar-refractivity contribution in [2.24, 2.45) is 11.8 Å². The van der Waals surface area contributed by atoms with Gasteiger partial charge in [0.2, 0.25) is 0 Å². The Morgan fingerprint density at radius 2 is 2.11 bits per heavy atom. The first-order valence-electron chi connectivity index (χ1n) is 6.76. The Bertz CT molecular complexity index is 407. The van der Waals surface area contributed by atoms with Crippen molar-refractivity contribution in [2.45, 2.75) is 45.1 Å². The molecular formula is C15H20ClFO. The van der Waals surface area contributed by atoms with Crippen molar-refractivity contribution in [3.63, 3.8) is 0 Å². The maximum atomic E-state index is 13.4. The summed E-state index contributed by atoms with van der Waals surface area (Å²) in [6, 6.07) is 4.63. The lowest BCUT2D eigenvalue weighted by atomic mass is 9.73. The van der Waals surface area contributed by atoms with Crippen LogP contribution < -0.4 is 0 Å². The monoisotopic (exact) mass is 270 g/mol. The van der Waals surface area contributed by atoms with E-state index in [4.69, 9.17) is 11.6 Å². The first-order valence-corrected chi connectivity index (χ1v) is 7.14. The van der Waals surface area contributed by atoms with E-state index in [1.54, 1.807) is 6.07 Å². The summed E-state index contributed by atoms with van der Waals surface area (Å²) in [5.41, 5.74) is 0.655. The number of hydrogen-bond donors (Lipinski definition) is 1. The van der Waals surface area contributed by atoms with Crippen LogP contribution in [0, 0.1) is 17.7 Å². The molecule has 1 N–H and O–H groups in total. The second-order valence-electron chi connectivity index (χ2n) is 5.24. The van der Waals surface area contributed by atoms with E-state index in [1.807, 2.05) is 0 Å². The highest BCUT2D eigenvalue weighted by Crippen LogP contribution is 2.40. The molecule has 0 saturated heterocycles. The number of hydrogen-bond acceptors (Lipinski definition) is 1. The van der Waals surface area contributed by atoms with Crippen molar-refractivity contribution in [3.8, 4) is 0 Å². The highest BCUT2D eigenvalue weighted by atomic mass is 35.5. The molecule has 1 aliphatic carbocycles. The molecule has 3 heteroatoms. The van der Waals surface area contributed by atoms with Gasteiger partial charge in [-0.25, -0.2) is 4.39 Å². The maximum Gasteiger partial charge on any atom is 0.142 e. The fourth-order valence-electron chi connectivity index (χ4n) is 3.10. The first kappa shape index (κ1) is 13.8. The average Bonchev–Trinajstić information content (AvgIpc) is 2.41. The van der Waals surface area contributed by atoms with Crippen LogP contribution >= 0.6 is 11.6 Å². The third kappa shape index (κ3) is 2.86. The summed E-state index contributed by atoms with van der Waals surface area (Å²) >= 11 is 5.67. The molecule has 2 rings (SSSR count). The number of aliphatic hydroxyl groups excluding tert-OH is 1. The number of aliphatic hydroxyl groups is 1. The number of benzene rings is 1. The van der Waals surface area contributed by atoms with E-state index in [-0.39, 0.29) is 10.9 Å². The third-order valence-electron chi connectivity index (χ3n) is 4.18.